The zero-order valence-corrected chi connectivity index (χ0v) is 20.5. The number of allylic oxidation sites excluding steroid dienone is 7. The summed E-state index contributed by atoms with van der Waals surface area (Å²) in [7, 11) is 0. The predicted octanol–water partition coefficient (Wildman–Crippen LogP) is 9.85. The van der Waals surface area contributed by atoms with Crippen LogP contribution in [0.3, 0.4) is 0 Å². The van der Waals surface area contributed by atoms with Gasteiger partial charge in [-0.05, 0) is 34.6 Å². The lowest BCUT2D eigenvalue weighted by atomic mass is 10.2. The Bertz CT molecular complexity index is 648. The van der Waals surface area contributed by atoms with Crippen molar-refractivity contribution in [2.45, 2.75) is 54.9 Å². The molecule has 0 aliphatic rings. The third-order valence-corrected chi connectivity index (χ3v) is 3.36. The van der Waals surface area contributed by atoms with Gasteiger partial charge in [-0.2, -0.15) is 0 Å². The van der Waals surface area contributed by atoms with E-state index in [-0.39, 0.29) is 0 Å². The van der Waals surface area contributed by atoms with Crippen LogP contribution in [-0.4, -0.2) is 0 Å². The van der Waals surface area contributed by atoms with Gasteiger partial charge in [-0.25, -0.2) is 0 Å². The summed E-state index contributed by atoms with van der Waals surface area (Å²) in [5.74, 6) is 0. The van der Waals surface area contributed by atoms with E-state index in [2.05, 4.69) is 71.7 Å². The molecule has 0 saturated heterocycles. The van der Waals surface area contributed by atoms with Crippen LogP contribution in [0.15, 0.2) is 122 Å². The Kier molecular flexibility index (Phi) is 27.7. The van der Waals surface area contributed by atoms with Gasteiger partial charge in [-0.15, -0.1) is 0 Å². The lowest BCUT2D eigenvalue weighted by molar-refractivity contribution is 1.09. The number of hydrogen-bond acceptors (Lipinski definition) is 0. The van der Waals surface area contributed by atoms with E-state index in [4.69, 9.17) is 0 Å². The van der Waals surface area contributed by atoms with E-state index < -0.39 is 0 Å². The molecule has 2 aromatic rings. The average molecular weight is 405 g/mol. The molecule has 2 rings (SSSR count). The summed E-state index contributed by atoms with van der Waals surface area (Å²) < 4.78 is 0. The monoisotopic (exact) mass is 404 g/mol. The molecular weight excluding hydrogens is 360 g/mol. The van der Waals surface area contributed by atoms with Crippen molar-refractivity contribution in [2.24, 2.45) is 0 Å². The SMILES string of the molecule is C=C/C(C)=C\C.C=C/C=C(/C)C=C.CCC.Cc1ccccc1.Cc1ccccc1. The number of hydrogen-bond donors (Lipinski definition) is 0. The molecule has 0 saturated carbocycles. The van der Waals surface area contributed by atoms with E-state index >= 15 is 0 Å². The highest BCUT2D eigenvalue weighted by Crippen LogP contribution is 1.93. The van der Waals surface area contributed by atoms with Crippen molar-refractivity contribution in [3.8, 4) is 0 Å². The molecule has 0 N–H and O–H groups in total. The zero-order valence-electron chi connectivity index (χ0n) is 20.5. The highest BCUT2D eigenvalue weighted by molar-refractivity contribution is 5.17. The second-order valence-corrected chi connectivity index (χ2v) is 6.60. The van der Waals surface area contributed by atoms with E-state index in [1.54, 1.807) is 12.2 Å². The summed E-state index contributed by atoms with van der Waals surface area (Å²) in [6, 6.07) is 20.5. The maximum Gasteiger partial charge on any atom is -0.0398 e. The first-order valence-electron chi connectivity index (χ1n) is 10.5. The molecule has 0 spiro atoms. The van der Waals surface area contributed by atoms with E-state index in [0.29, 0.717) is 0 Å². The fourth-order valence-corrected chi connectivity index (χ4v) is 1.44. The second kappa shape index (κ2) is 26.1. The fourth-order valence-electron chi connectivity index (χ4n) is 1.44. The van der Waals surface area contributed by atoms with Crippen LogP contribution in [0, 0.1) is 13.8 Å². The molecule has 0 bridgehead atoms. The topological polar surface area (TPSA) is 0 Å². The van der Waals surface area contributed by atoms with Crippen LogP contribution < -0.4 is 0 Å². The van der Waals surface area contributed by atoms with E-state index in [1.165, 1.54) is 23.1 Å². The molecule has 0 unspecified atom stereocenters. The number of benzene rings is 2. The van der Waals surface area contributed by atoms with Crippen LogP contribution in [-0.2, 0) is 0 Å². The molecule has 0 heterocycles. The van der Waals surface area contributed by atoms with Gasteiger partial charge in [0, 0.05) is 0 Å². The quantitative estimate of drug-likeness (QED) is 0.446. The van der Waals surface area contributed by atoms with Crippen molar-refractivity contribution < 1.29 is 0 Å². The highest BCUT2D eigenvalue weighted by Gasteiger charge is 1.73. The van der Waals surface area contributed by atoms with Crippen LogP contribution in [0.5, 0.6) is 0 Å². The van der Waals surface area contributed by atoms with Gasteiger partial charge in [-0.3, -0.25) is 0 Å². The van der Waals surface area contributed by atoms with Crippen molar-refractivity contribution in [3.05, 3.63) is 133 Å². The van der Waals surface area contributed by atoms with Gasteiger partial charge in [0.2, 0.25) is 0 Å². The van der Waals surface area contributed by atoms with Crippen LogP contribution >= 0.6 is 0 Å². The normalized spacial score (nSPS) is 9.43. The largest absolute Gasteiger partial charge is 0.0991 e. The molecule has 0 heteroatoms. The molecule has 30 heavy (non-hydrogen) atoms. The maximum absolute atomic E-state index is 3.56. The maximum atomic E-state index is 3.56. The van der Waals surface area contributed by atoms with Crippen molar-refractivity contribution in [1.29, 1.82) is 0 Å². The Balaban J connectivity index is -0.000000311. The molecular formula is C30H44. The third-order valence-electron chi connectivity index (χ3n) is 3.36. The van der Waals surface area contributed by atoms with Gasteiger partial charge in [0.05, 0.1) is 0 Å². The lowest BCUT2D eigenvalue weighted by Gasteiger charge is -1.82. The smallest absolute Gasteiger partial charge is 0.0398 e. The molecule has 0 atom stereocenters. The summed E-state index contributed by atoms with van der Waals surface area (Å²) in [6.45, 7) is 25.1. The first-order chi connectivity index (χ1) is 14.3. The summed E-state index contributed by atoms with van der Waals surface area (Å²) in [5.41, 5.74) is 5.02. The molecule has 0 nitrogen and oxygen atoms in total. The Morgan fingerprint density at radius 2 is 1.03 bits per heavy atom. The lowest BCUT2D eigenvalue weighted by Crippen LogP contribution is -1.62. The van der Waals surface area contributed by atoms with Gasteiger partial charge in [0.1, 0.15) is 0 Å². The van der Waals surface area contributed by atoms with Crippen molar-refractivity contribution in [1.82, 2.24) is 0 Å². The van der Waals surface area contributed by atoms with E-state index in [9.17, 15) is 0 Å². The van der Waals surface area contributed by atoms with Gasteiger partial charge in [-0.1, -0.05) is 153 Å². The fraction of sp³-hybridized carbons (Fsp3) is 0.267. The minimum atomic E-state index is 1.15. The van der Waals surface area contributed by atoms with Crippen LogP contribution in [0.25, 0.3) is 0 Å². The summed E-state index contributed by atoms with van der Waals surface area (Å²) in [4.78, 5) is 0. The molecule has 0 amide bonds. The third kappa shape index (κ3) is 29.9. The Morgan fingerprint density at radius 1 is 0.700 bits per heavy atom. The minimum Gasteiger partial charge on any atom is -0.0991 e. The summed E-state index contributed by atoms with van der Waals surface area (Å²) >= 11 is 0. The molecule has 0 aliphatic heterocycles. The van der Waals surface area contributed by atoms with E-state index in [1.807, 2.05) is 75.4 Å². The molecule has 0 aromatic heterocycles. The zero-order chi connectivity index (χ0) is 23.6. The number of aryl methyl sites for hydroxylation is 2. The van der Waals surface area contributed by atoms with Gasteiger partial charge in [0.25, 0.3) is 0 Å². The van der Waals surface area contributed by atoms with Gasteiger partial charge in [0.15, 0.2) is 0 Å². The molecule has 0 fully saturated rings. The Labute approximate surface area is 188 Å². The van der Waals surface area contributed by atoms with Crippen LogP contribution in [0.4, 0.5) is 0 Å². The Hall–Kier alpha value is -2.86. The average Bonchev–Trinajstić information content (AvgIpc) is 2.76. The highest BCUT2D eigenvalue weighted by atomic mass is 13.8. The van der Waals surface area contributed by atoms with Gasteiger partial charge >= 0.3 is 0 Å². The molecule has 164 valence electrons. The molecule has 2 aromatic carbocycles. The standard InChI is InChI=1S/2C7H8.C7H10.C6H10.C3H8/c2*1-7-5-3-2-4-6-7;1-4-6-7(3)5-2;1-4-6(3)5-2;1-3-2/h2*2-6H,1H3;4-6H,1-2H2,3H3;4-5H,1H2,2-3H3;3H2,1-2H3/b;;7-6-;6-5-;. The molecule has 0 aliphatic carbocycles. The van der Waals surface area contributed by atoms with Crippen molar-refractivity contribution in [3.63, 3.8) is 0 Å². The first-order valence-corrected chi connectivity index (χ1v) is 10.5. The Morgan fingerprint density at radius 3 is 1.13 bits per heavy atom. The summed E-state index contributed by atoms with van der Waals surface area (Å²) in [6.07, 6.45) is 10.6. The van der Waals surface area contributed by atoms with Crippen molar-refractivity contribution >= 4 is 0 Å². The van der Waals surface area contributed by atoms with Crippen LogP contribution in [0.2, 0.25) is 0 Å². The predicted molar refractivity (Wildman–Crippen MR) is 142 cm³/mol. The van der Waals surface area contributed by atoms with Crippen molar-refractivity contribution in [2.75, 3.05) is 0 Å². The van der Waals surface area contributed by atoms with E-state index in [0.717, 1.165) is 5.57 Å². The first kappa shape index (κ1) is 31.8. The summed E-state index contributed by atoms with van der Waals surface area (Å²) in [5, 5.41) is 0. The number of rotatable bonds is 3. The minimum absolute atomic E-state index is 1.15. The second-order valence-electron chi connectivity index (χ2n) is 6.60. The molecule has 0 radical (unpaired) electrons. The van der Waals surface area contributed by atoms with Gasteiger partial charge < -0.3 is 0 Å². The van der Waals surface area contributed by atoms with Crippen LogP contribution in [0.1, 0.15) is 52.2 Å².